The molecule has 4 aromatic rings. The summed E-state index contributed by atoms with van der Waals surface area (Å²) in [7, 11) is 0. The van der Waals surface area contributed by atoms with Crippen molar-refractivity contribution < 1.29 is 19.4 Å². The highest BCUT2D eigenvalue weighted by Crippen LogP contribution is 2.37. The third kappa shape index (κ3) is 6.57. The van der Waals surface area contributed by atoms with E-state index in [-0.39, 0.29) is 17.7 Å². The molecular weight excluding hydrogens is 630 g/mol. The molecule has 0 amide bonds. The summed E-state index contributed by atoms with van der Waals surface area (Å²) in [5.74, 6) is 0.483. The third-order valence-electron chi connectivity index (χ3n) is 5.69. The standard InChI is InChI=1S/C29H27Br2N3O5/c1-5-38-24-13-18(12-22(31)25(24)39-16-17-7-6-8-19(11-17)27(36)37)15-32-34-26(35)21-14-20(30)9-10-23(21)33-28(34)29(2,3)4/h6-15H,5,16H2,1-4H3,(H,36,37). The highest BCUT2D eigenvalue weighted by atomic mass is 79.9. The Balaban J connectivity index is 1.71. The normalized spacial score (nSPS) is 11.7. The molecule has 0 aliphatic rings. The van der Waals surface area contributed by atoms with Crippen LogP contribution in [-0.2, 0) is 12.0 Å². The lowest BCUT2D eigenvalue weighted by Crippen LogP contribution is -2.29. The van der Waals surface area contributed by atoms with Crippen LogP contribution < -0.4 is 15.0 Å². The van der Waals surface area contributed by atoms with Crippen LogP contribution in [0, 0.1) is 0 Å². The number of benzene rings is 3. The van der Waals surface area contributed by atoms with Crippen LogP contribution in [0.1, 0.15) is 55.0 Å². The van der Waals surface area contributed by atoms with Gasteiger partial charge in [-0.2, -0.15) is 9.78 Å². The van der Waals surface area contributed by atoms with E-state index in [9.17, 15) is 14.7 Å². The zero-order valence-electron chi connectivity index (χ0n) is 21.9. The fraction of sp³-hybridized carbons (Fsp3) is 0.241. The number of hydrogen-bond acceptors (Lipinski definition) is 6. The molecule has 0 unspecified atom stereocenters. The van der Waals surface area contributed by atoms with Crippen molar-refractivity contribution in [3.8, 4) is 11.5 Å². The molecule has 3 aromatic carbocycles. The van der Waals surface area contributed by atoms with Gasteiger partial charge in [-0.1, -0.05) is 48.8 Å². The minimum absolute atomic E-state index is 0.149. The monoisotopic (exact) mass is 655 g/mol. The van der Waals surface area contributed by atoms with Crippen LogP contribution >= 0.6 is 31.9 Å². The number of aromatic carboxylic acids is 1. The Morgan fingerprint density at radius 3 is 2.56 bits per heavy atom. The van der Waals surface area contributed by atoms with Crippen LogP contribution in [0.4, 0.5) is 0 Å². The lowest BCUT2D eigenvalue weighted by atomic mass is 9.95. The summed E-state index contributed by atoms with van der Waals surface area (Å²) in [6.07, 6.45) is 1.58. The molecule has 4 rings (SSSR count). The van der Waals surface area contributed by atoms with E-state index in [1.54, 1.807) is 36.5 Å². The fourth-order valence-corrected chi connectivity index (χ4v) is 4.82. The Labute approximate surface area is 242 Å². The highest BCUT2D eigenvalue weighted by Gasteiger charge is 2.23. The molecule has 39 heavy (non-hydrogen) atoms. The van der Waals surface area contributed by atoms with E-state index in [2.05, 4.69) is 37.0 Å². The van der Waals surface area contributed by atoms with Crippen molar-refractivity contribution in [2.45, 2.75) is 39.7 Å². The first-order chi connectivity index (χ1) is 18.5. The Morgan fingerprint density at radius 2 is 1.87 bits per heavy atom. The van der Waals surface area contributed by atoms with Gasteiger partial charge in [0.2, 0.25) is 0 Å². The van der Waals surface area contributed by atoms with Gasteiger partial charge >= 0.3 is 5.97 Å². The fourth-order valence-electron chi connectivity index (χ4n) is 3.88. The number of ether oxygens (including phenoxy) is 2. The average Bonchev–Trinajstić information content (AvgIpc) is 2.87. The highest BCUT2D eigenvalue weighted by molar-refractivity contribution is 9.10. The molecule has 10 heteroatoms. The zero-order chi connectivity index (χ0) is 28.3. The van der Waals surface area contributed by atoms with Crippen molar-refractivity contribution in [2.24, 2.45) is 5.10 Å². The van der Waals surface area contributed by atoms with Gasteiger partial charge in [-0.05, 0) is 76.4 Å². The molecule has 0 saturated heterocycles. The summed E-state index contributed by atoms with van der Waals surface area (Å²) in [4.78, 5) is 29.5. The second kappa shape index (κ2) is 11.7. The Bertz CT molecular complexity index is 1640. The zero-order valence-corrected chi connectivity index (χ0v) is 25.0. The van der Waals surface area contributed by atoms with Crippen LogP contribution in [0.2, 0.25) is 0 Å². The van der Waals surface area contributed by atoms with Gasteiger partial charge in [0, 0.05) is 9.89 Å². The summed E-state index contributed by atoms with van der Waals surface area (Å²) >= 11 is 6.99. The molecule has 0 aliphatic heterocycles. The number of halogens is 2. The van der Waals surface area contributed by atoms with Crippen molar-refractivity contribution in [3.63, 3.8) is 0 Å². The van der Waals surface area contributed by atoms with E-state index < -0.39 is 11.4 Å². The predicted molar refractivity (Wildman–Crippen MR) is 158 cm³/mol. The van der Waals surface area contributed by atoms with Crippen LogP contribution in [0.3, 0.4) is 0 Å². The quantitative estimate of drug-likeness (QED) is 0.210. The number of carboxylic acid groups (broad SMARTS) is 1. The Morgan fingerprint density at radius 1 is 1.10 bits per heavy atom. The molecule has 8 nitrogen and oxygen atoms in total. The van der Waals surface area contributed by atoms with Crippen molar-refractivity contribution in [2.75, 3.05) is 6.61 Å². The van der Waals surface area contributed by atoms with Crippen LogP contribution in [0.5, 0.6) is 11.5 Å². The van der Waals surface area contributed by atoms with Crippen molar-refractivity contribution in [3.05, 3.63) is 96.4 Å². The van der Waals surface area contributed by atoms with Gasteiger partial charge in [0.15, 0.2) is 11.5 Å². The predicted octanol–water partition coefficient (Wildman–Crippen LogP) is 6.78. The number of rotatable bonds is 8. The molecule has 0 aliphatic carbocycles. The molecule has 0 fully saturated rings. The summed E-state index contributed by atoms with van der Waals surface area (Å²) in [6.45, 7) is 8.35. The second-order valence-corrected chi connectivity index (χ2v) is 11.5. The molecule has 0 radical (unpaired) electrons. The van der Waals surface area contributed by atoms with Crippen LogP contribution in [0.15, 0.2) is 73.4 Å². The van der Waals surface area contributed by atoms with E-state index in [4.69, 9.17) is 14.5 Å². The first-order valence-electron chi connectivity index (χ1n) is 12.2. The van der Waals surface area contributed by atoms with E-state index >= 15 is 0 Å². The van der Waals surface area contributed by atoms with Crippen LogP contribution in [-0.4, -0.2) is 33.6 Å². The first-order valence-corrected chi connectivity index (χ1v) is 13.7. The molecule has 0 spiro atoms. The second-order valence-electron chi connectivity index (χ2n) is 9.77. The number of fused-ring (bicyclic) bond motifs is 1. The minimum Gasteiger partial charge on any atom is -0.490 e. The first kappa shape index (κ1) is 28.5. The van der Waals surface area contributed by atoms with Crippen LogP contribution in [0.25, 0.3) is 10.9 Å². The SMILES string of the molecule is CCOc1cc(C=Nn2c(C(C)(C)C)nc3ccc(Br)cc3c2=O)cc(Br)c1OCc1cccc(C(=O)O)c1. The van der Waals surface area contributed by atoms with E-state index in [0.717, 1.165) is 4.47 Å². The Hall–Kier alpha value is -3.50. The van der Waals surface area contributed by atoms with E-state index in [1.807, 2.05) is 45.9 Å². The van der Waals surface area contributed by atoms with E-state index in [0.29, 0.717) is 50.4 Å². The molecule has 0 bridgehead atoms. The number of carboxylic acids is 1. The molecule has 1 heterocycles. The largest absolute Gasteiger partial charge is 0.490 e. The van der Waals surface area contributed by atoms with Crippen molar-refractivity contribution in [1.29, 1.82) is 0 Å². The van der Waals surface area contributed by atoms with Crippen molar-refractivity contribution >= 4 is 54.9 Å². The van der Waals surface area contributed by atoms with Gasteiger partial charge in [0.05, 0.1) is 33.8 Å². The number of nitrogens with zero attached hydrogens (tertiary/aromatic N) is 3. The van der Waals surface area contributed by atoms with Gasteiger partial charge in [0.25, 0.3) is 5.56 Å². The minimum atomic E-state index is -1.00. The smallest absolute Gasteiger partial charge is 0.335 e. The summed E-state index contributed by atoms with van der Waals surface area (Å²) in [6, 6.07) is 15.6. The van der Waals surface area contributed by atoms with E-state index in [1.165, 1.54) is 10.7 Å². The van der Waals surface area contributed by atoms with Crippen molar-refractivity contribution in [1.82, 2.24) is 9.66 Å². The molecule has 0 atom stereocenters. The van der Waals surface area contributed by atoms with Gasteiger partial charge in [-0.15, -0.1) is 0 Å². The lowest BCUT2D eigenvalue weighted by molar-refractivity contribution is 0.0696. The van der Waals surface area contributed by atoms with Gasteiger partial charge in [0.1, 0.15) is 12.4 Å². The molecule has 202 valence electrons. The Kier molecular flexibility index (Phi) is 8.56. The van der Waals surface area contributed by atoms with Gasteiger partial charge in [-0.25, -0.2) is 9.78 Å². The molecule has 1 N–H and O–H groups in total. The number of aromatic nitrogens is 2. The van der Waals surface area contributed by atoms with Gasteiger partial charge in [-0.3, -0.25) is 4.79 Å². The summed E-state index contributed by atoms with van der Waals surface area (Å²) < 4.78 is 14.6. The summed E-state index contributed by atoms with van der Waals surface area (Å²) in [5, 5.41) is 14.3. The third-order valence-corrected chi connectivity index (χ3v) is 6.77. The van der Waals surface area contributed by atoms with Gasteiger partial charge < -0.3 is 14.6 Å². The lowest BCUT2D eigenvalue weighted by Gasteiger charge is -2.21. The maximum absolute atomic E-state index is 13.4. The maximum atomic E-state index is 13.4. The number of hydrogen-bond donors (Lipinski definition) is 1. The summed E-state index contributed by atoms with van der Waals surface area (Å²) in [5.41, 5.74) is 1.47. The maximum Gasteiger partial charge on any atom is 0.335 e. The molecule has 1 aromatic heterocycles. The number of carbonyl (C=O) groups is 1. The average molecular weight is 657 g/mol. The molecular formula is C29H27Br2N3O5. The molecule has 0 saturated carbocycles. The topological polar surface area (TPSA) is 103 Å².